The third-order valence-corrected chi connectivity index (χ3v) is 4.56. The smallest absolute Gasteiger partial charge is 0.308 e. The van der Waals surface area contributed by atoms with Crippen molar-refractivity contribution in [1.82, 2.24) is 4.90 Å². The van der Waals surface area contributed by atoms with Crippen molar-refractivity contribution in [2.75, 3.05) is 20.2 Å². The van der Waals surface area contributed by atoms with Crippen LogP contribution in [-0.4, -0.2) is 37.0 Å². The van der Waals surface area contributed by atoms with Crippen LogP contribution in [0, 0.1) is 12.8 Å². The van der Waals surface area contributed by atoms with Gasteiger partial charge in [0, 0.05) is 18.7 Å². The number of methoxy groups -OCH3 is 1. The number of amides is 1. The fourth-order valence-electron chi connectivity index (χ4n) is 3.17. The summed E-state index contributed by atoms with van der Waals surface area (Å²) in [7, 11) is 1.41. The Morgan fingerprint density at radius 2 is 1.70 bits per heavy atom. The zero-order chi connectivity index (χ0) is 16.4. The van der Waals surface area contributed by atoms with E-state index in [4.69, 9.17) is 4.74 Å². The number of piperidine rings is 1. The average Bonchev–Trinajstić information content (AvgIpc) is 2.60. The van der Waals surface area contributed by atoms with E-state index in [-0.39, 0.29) is 17.8 Å². The van der Waals surface area contributed by atoms with Crippen molar-refractivity contribution in [3.05, 3.63) is 47.5 Å². The Bertz CT molecular complexity index is 745. The molecule has 2 aromatic rings. The molecule has 120 valence electrons. The van der Waals surface area contributed by atoms with E-state index < -0.39 is 0 Å². The number of likely N-dealkylation sites (tertiary alicyclic amines) is 1. The van der Waals surface area contributed by atoms with Gasteiger partial charge < -0.3 is 9.64 Å². The van der Waals surface area contributed by atoms with Crippen LogP contribution in [-0.2, 0) is 9.53 Å². The predicted octanol–water partition coefficient (Wildman–Crippen LogP) is 3.17. The zero-order valence-electron chi connectivity index (χ0n) is 13.5. The molecule has 1 aliphatic heterocycles. The summed E-state index contributed by atoms with van der Waals surface area (Å²) in [5.41, 5.74) is 1.92. The highest BCUT2D eigenvalue weighted by Gasteiger charge is 2.28. The molecule has 3 rings (SSSR count). The Labute approximate surface area is 136 Å². The number of ether oxygens (including phenoxy) is 1. The molecule has 0 unspecified atom stereocenters. The molecule has 1 fully saturated rings. The van der Waals surface area contributed by atoms with Gasteiger partial charge in [-0.2, -0.15) is 0 Å². The number of rotatable bonds is 2. The molecule has 1 aliphatic rings. The Morgan fingerprint density at radius 1 is 1.04 bits per heavy atom. The number of fused-ring (bicyclic) bond motifs is 1. The molecule has 2 aromatic carbocycles. The maximum absolute atomic E-state index is 12.7. The monoisotopic (exact) mass is 311 g/mol. The van der Waals surface area contributed by atoms with Crippen LogP contribution in [0.3, 0.4) is 0 Å². The number of carbonyl (C=O) groups excluding carboxylic acids is 2. The molecule has 4 heteroatoms. The molecule has 0 spiro atoms. The maximum Gasteiger partial charge on any atom is 0.308 e. The molecule has 23 heavy (non-hydrogen) atoms. The molecule has 0 saturated carbocycles. The molecular weight excluding hydrogens is 290 g/mol. The maximum atomic E-state index is 12.7. The van der Waals surface area contributed by atoms with Crippen molar-refractivity contribution < 1.29 is 14.3 Å². The Kier molecular flexibility index (Phi) is 4.33. The van der Waals surface area contributed by atoms with Crippen molar-refractivity contribution >= 4 is 22.6 Å². The molecule has 1 amide bonds. The van der Waals surface area contributed by atoms with E-state index in [0.29, 0.717) is 31.5 Å². The molecule has 0 aliphatic carbocycles. The van der Waals surface area contributed by atoms with Gasteiger partial charge in [0.25, 0.3) is 5.91 Å². The fourth-order valence-corrected chi connectivity index (χ4v) is 3.17. The Morgan fingerprint density at radius 3 is 2.39 bits per heavy atom. The molecule has 0 bridgehead atoms. The van der Waals surface area contributed by atoms with E-state index >= 15 is 0 Å². The molecule has 1 saturated heterocycles. The standard InChI is InChI=1S/C19H21NO3/c1-13-3-4-16-12-17(6-5-15(16)11-13)18(21)20-9-7-14(8-10-20)19(22)23-2/h3-6,11-12,14H,7-10H2,1-2H3. The summed E-state index contributed by atoms with van der Waals surface area (Å²) in [6, 6.07) is 12.0. The van der Waals surface area contributed by atoms with E-state index in [2.05, 4.69) is 19.1 Å². The Balaban J connectivity index is 1.74. The summed E-state index contributed by atoms with van der Waals surface area (Å²) in [6.07, 6.45) is 1.34. The second-order valence-electron chi connectivity index (χ2n) is 6.16. The minimum Gasteiger partial charge on any atom is -0.469 e. The number of benzene rings is 2. The first-order valence-electron chi connectivity index (χ1n) is 7.96. The van der Waals surface area contributed by atoms with Gasteiger partial charge >= 0.3 is 5.97 Å². The van der Waals surface area contributed by atoms with Crippen molar-refractivity contribution in [2.45, 2.75) is 19.8 Å². The molecule has 0 N–H and O–H groups in total. The fraction of sp³-hybridized carbons (Fsp3) is 0.368. The third-order valence-electron chi connectivity index (χ3n) is 4.56. The van der Waals surface area contributed by atoms with Gasteiger partial charge in [0.2, 0.25) is 0 Å². The summed E-state index contributed by atoms with van der Waals surface area (Å²) >= 11 is 0. The summed E-state index contributed by atoms with van der Waals surface area (Å²) < 4.78 is 4.79. The SMILES string of the molecule is COC(=O)C1CCN(C(=O)c2ccc3cc(C)ccc3c2)CC1. The predicted molar refractivity (Wildman–Crippen MR) is 89.3 cm³/mol. The highest BCUT2D eigenvalue weighted by Crippen LogP contribution is 2.22. The van der Waals surface area contributed by atoms with E-state index in [1.165, 1.54) is 12.7 Å². The second kappa shape index (κ2) is 6.41. The first kappa shape index (κ1) is 15.5. The van der Waals surface area contributed by atoms with Gasteiger partial charge in [-0.15, -0.1) is 0 Å². The number of nitrogens with zero attached hydrogens (tertiary/aromatic N) is 1. The molecule has 0 atom stereocenters. The minimum absolute atomic E-state index is 0.0378. The number of esters is 1. The van der Waals surface area contributed by atoms with Crippen LogP contribution < -0.4 is 0 Å². The summed E-state index contributed by atoms with van der Waals surface area (Å²) in [4.78, 5) is 26.1. The van der Waals surface area contributed by atoms with Gasteiger partial charge in [0.05, 0.1) is 13.0 Å². The van der Waals surface area contributed by atoms with Crippen LogP contribution in [0.5, 0.6) is 0 Å². The first-order chi connectivity index (χ1) is 11.1. The number of hydrogen-bond acceptors (Lipinski definition) is 3. The lowest BCUT2D eigenvalue weighted by Gasteiger charge is -2.30. The summed E-state index contributed by atoms with van der Waals surface area (Å²) in [5, 5.41) is 2.22. The number of aryl methyl sites for hydroxylation is 1. The quantitative estimate of drug-likeness (QED) is 0.800. The van der Waals surface area contributed by atoms with Gasteiger partial charge in [-0.05, 0) is 42.7 Å². The minimum atomic E-state index is -0.168. The normalized spacial score (nSPS) is 15.7. The lowest BCUT2D eigenvalue weighted by Crippen LogP contribution is -2.40. The first-order valence-corrected chi connectivity index (χ1v) is 7.96. The van der Waals surface area contributed by atoms with E-state index in [1.54, 1.807) is 0 Å². The Hall–Kier alpha value is -2.36. The van der Waals surface area contributed by atoms with Crippen LogP contribution in [0.2, 0.25) is 0 Å². The van der Waals surface area contributed by atoms with Crippen LogP contribution in [0.15, 0.2) is 36.4 Å². The second-order valence-corrected chi connectivity index (χ2v) is 6.16. The van der Waals surface area contributed by atoms with Crippen molar-refractivity contribution in [3.8, 4) is 0 Å². The highest BCUT2D eigenvalue weighted by molar-refractivity contribution is 5.98. The summed E-state index contributed by atoms with van der Waals surface area (Å²) in [5.74, 6) is -0.211. The van der Waals surface area contributed by atoms with Crippen molar-refractivity contribution in [3.63, 3.8) is 0 Å². The van der Waals surface area contributed by atoms with Crippen molar-refractivity contribution in [2.24, 2.45) is 5.92 Å². The topological polar surface area (TPSA) is 46.6 Å². The van der Waals surface area contributed by atoms with Crippen LogP contribution in [0.1, 0.15) is 28.8 Å². The van der Waals surface area contributed by atoms with E-state index in [1.807, 2.05) is 29.2 Å². The molecule has 0 radical (unpaired) electrons. The summed E-state index contributed by atoms with van der Waals surface area (Å²) in [6.45, 7) is 3.26. The lowest BCUT2D eigenvalue weighted by atomic mass is 9.96. The third kappa shape index (κ3) is 3.21. The van der Waals surface area contributed by atoms with Crippen LogP contribution >= 0.6 is 0 Å². The average molecular weight is 311 g/mol. The van der Waals surface area contributed by atoms with Gasteiger partial charge in [0.1, 0.15) is 0 Å². The van der Waals surface area contributed by atoms with Crippen molar-refractivity contribution in [1.29, 1.82) is 0 Å². The van der Waals surface area contributed by atoms with Crippen LogP contribution in [0.25, 0.3) is 10.8 Å². The van der Waals surface area contributed by atoms with E-state index in [0.717, 1.165) is 10.8 Å². The zero-order valence-corrected chi connectivity index (χ0v) is 13.5. The van der Waals surface area contributed by atoms with Gasteiger partial charge in [-0.1, -0.05) is 29.8 Å². The largest absolute Gasteiger partial charge is 0.469 e. The lowest BCUT2D eigenvalue weighted by molar-refractivity contribution is -0.146. The molecule has 4 nitrogen and oxygen atoms in total. The van der Waals surface area contributed by atoms with Gasteiger partial charge in [-0.3, -0.25) is 9.59 Å². The number of carbonyl (C=O) groups is 2. The molecule has 0 aromatic heterocycles. The van der Waals surface area contributed by atoms with E-state index in [9.17, 15) is 9.59 Å². The van der Waals surface area contributed by atoms with Gasteiger partial charge in [0.15, 0.2) is 0 Å². The van der Waals surface area contributed by atoms with Crippen LogP contribution in [0.4, 0.5) is 0 Å². The molecule has 1 heterocycles. The number of hydrogen-bond donors (Lipinski definition) is 0. The highest BCUT2D eigenvalue weighted by atomic mass is 16.5. The molecular formula is C19H21NO3. The van der Waals surface area contributed by atoms with Gasteiger partial charge in [-0.25, -0.2) is 0 Å².